The van der Waals surface area contributed by atoms with Crippen LogP contribution >= 0.6 is 0 Å². The minimum absolute atomic E-state index is 0.150. The Kier molecular flexibility index (Phi) is 5.67. The van der Waals surface area contributed by atoms with Gasteiger partial charge in [0.2, 0.25) is 5.95 Å². The lowest BCUT2D eigenvalue weighted by Gasteiger charge is -2.22. The molecule has 164 valence electrons. The smallest absolute Gasteiger partial charge is 0.416 e. The molecule has 1 unspecified atom stereocenters. The van der Waals surface area contributed by atoms with E-state index in [9.17, 15) is 23.4 Å². The van der Waals surface area contributed by atoms with Crippen LogP contribution in [0.5, 0.6) is 5.75 Å². The van der Waals surface area contributed by atoms with Gasteiger partial charge in [-0.15, -0.1) is 0 Å². The van der Waals surface area contributed by atoms with Crippen LogP contribution in [0.15, 0.2) is 60.8 Å². The number of fused-ring (bicyclic) bond motifs is 1. The Morgan fingerprint density at radius 3 is 2.34 bits per heavy atom. The first-order valence-corrected chi connectivity index (χ1v) is 9.72. The lowest BCUT2D eigenvalue weighted by atomic mass is 9.95. The van der Waals surface area contributed by atoms with Gasteiger partial charge >= 0.3 is 6.18 Å². The molecule has 0 saturated heterocycles. The molecule has 32 heavy (non-hydrogen) atoms. The molecule has 4 aromatic rings. The number of aliphatic hydroxyl groups excluding tert-OH is 1. The third-order valence-electron chi connectivity index (χ3n) is 5.04. The van der Waals surface area contributed by atoms with Crippen LogP contribution in [-0.2, 0) is 12.8 Å². The summed E-state index contributed by atoms with van der Waals surface area (Å²) in [6.07, 6.45) is -2.90. The Morgan fingerprint density at radius 1 is 0.969 bits per heavy atom. The minimum atomic E-state index is -4.46. The second-order valence-corrected chi connectivity index (χ2v) is 7.25. The molecule has 3 N–H and O–H groups in total. The van der Waals surface area contributed by atoms with Gasteiger partial charge in [0.1, 0.15) is 11.3 Å². The molecule has 0 aliphatic carbocycles. The van der Waals surface area contributed by atoms with Crippen LogP contribution in [0.1, 0.15) is 34.1 Å². The number of hydrogen-bond donors (Lipinski definition) is 3. The predicted molar refractivity (Wildman–Crippen MR) is 113 cm³/mol. The van der Waals surface area contributed by atoms with Gasteiger partial charge in [0.15, 0.2) is 0 Å². The molecule has 0 aliphatic heterocycles. The molecule has 9 heteroatoms. The average Bonchev–Trinajstić information content (AvgIpc) is 2.77. The van der Waals surface area contributed by atoms with E-state index in [0.717, 1.165) is 12.1 Å². The maximum Gasteiger partial charge on any atom is 0.416 e. The fourth-order valence-corrected chi connectivity index (χ4v) is 3.40. The SMILES string of the molecule is Cc1ccnc(NC(c2ccc(C(F)(F)F)cc2)c2ccc3ccc(CO)nc3c2O)n1. The van der Waals surface area contributed by atoms with Crippen molar-refractivity contribution in [2.45, 2.75) is 25.7 Å². The van der Waals surface area contributed by atoms with Crippen LogP contribution in [0.2, 0.25) is 0 Å². The first kappa shape index (κ1) is 21.5. The molecule has 0 fully saturated rings. The van der Waals surface area contributed by atoms with Crippen molar-refractivity contribution in [2.75, 3.05) is 5.32 Å². The quantitative estimate of drug-likeness (QED) is 0.415. The standard InChI is InChI=1S/C23H19F3N4O2/c1-13-10-11-27-22(28-13)30-19(14-2-6-16(7-3-14)23(24,25)26)18-9-5-15-4-8-17(12-31)29-20(15)21(18)32/h2-11,19,31-32H,12H2,1H3,(H,27,28,30). The van der Waals surface area contributed by atoms with Crippen molar-refractivity contribution in [3.63, 3.8) is 0 Å². The van der Waals surface area contributed by atoms with Crippen LogP contribution in [0, 0.1) is 6.92 Å². The van der Waals surface area contributed by atoms with Crippen molar-refractivity contribution in [3.8, 4) is 5.75 Å². The number of hydrogen-bond acceptors (Lipinski definition) is 6. The van der Waals surface area contributed by atoms with E-state index in [2.05, 4.69) is 20.3 Å². The number of nitrogens with zero attached hydrogens (tertiary/aromatic N) is 3. The van der Waals surface area contributed by atoms with E-state index in [1.165, 1.54) is 12.1 Å². The molecule has 2 aromatic heterocycles. The van der Waals surface area contributed by atoms with Gasteiger partial charge < -0.3 is 15.5 Å². The van der Waals surface area contributed by atoms with E-state index in [4.69, 9.17) is 0 Å². The third kappa shape index (κ3) is 4.33. The van der Waals surface area contributed by atoms with Gasteiger partial charge in [-0.2, -0.15) is 13.2 Å². The number of phenols is 1. The number of anilines is 1. The molecule has 1 atom stereocenters. The Balaban J connectivity index is 1.84. The number of alkyl halides is 3. The van der Waals surface area contributed by atoms with Gasteiger partial charge in [-0.3, -0.25) is 0 Å². The highest BCUT2D eigenvalue weighted by atomic mass is 19.4. The van der Waals surface area contributed by atoms with Crippen molar-refractivity contribution < 1.29 is 23.4 Å². The second-order valence-electron chi connectivity index (χ2n) is 7.25. The molecule has 0 saturated carbocycles. The van der Waals surface area contributed by atoms with Gasteiger partial charge in [0.25, 0.3) is 0 Å². The number of halogens is 3. The number of aromatic nitrogens is 3. The predicted octanol–water partition coefficient (Wildman–Crippen LogP) is 4.75. The first-order valence-electron chi connectivity index (χ1n) is 9.72. The fourth-order valence-electron chi connectivity index (χ4n) is 3.40. The summed E-state index contributed by atoms with van der Waals surface area (Å²) in [5, 5.41) is 24.2. The number of aryl methyl sites for hydroxylation is 1. The van der Waals surface area contributed by atoms with E-state index in [1.807, 2.05) is 0 Å². The van der Waals surface area contributed by atoms with E-state index < -0.39 is 17.8 Å². The Bertz CT molecular complexity index is 1260. The fraction of sp³-hybridized carbons (Fsp3) is 0.174. The second kappa shape index (κ2) is 8.43. The molecule has 0 spiro atoms. The van der Waals surface area contributed by atoms with Crippen molar-refractivity contribution in [1.29, 1.82) is 0 Å². The molecular weight excluding hydrogens is 421 g/mol. The number of benzene rings is 2. The van der Waals surface area contributed by atoms with Crippen molar-refractivity contribution >= 4 is 16.9 Å². The van der Waals surface area contributed by atoms with Crippen LogP contribution in [0.25, 0.3) is 10.9 Å². The van der Waals surface area contributed by atoms with Crippen LogP contribution in [0.4, 0.5) is 19.1 Å². The lowest BCUT2D eigenvalue weighted by molar-refractivity contribution is -0.137. The summed E-state index contributed by atoms with van der Waals surface area (Å²) in [5.74, 6) is 0.106. The summed E-state index contributed by atoms with van der Waals surface area (Å²) in [7, 11) is 0. The van der Waals surface area contributed by atoms with Crippen LogP contribution in [0.3, 0.4) is 0 Å². The molecule has 0 amide bonds. The molecule has 2 aromatic carbocycles. The summed E-state index contributed by atoms with van der Waals surface area (Å²) in [5.41, 5.74) is 1.43. The van der Waals surface area contributed by atoms with E-state index >= 15 is 0 Å². The third-order valence-corrected chi connectivity index (χ3v) is 5.04. The Hall–Kier alpha value is -3.72. The number of nitrogens with one attached hydrogen (secondary N) is 1. The van der Waals surface area contributed by atoms with Gasteiger partial charge in [0.05, 0.1) is 23.9 Å². The maximum absolute atomic E-state index is 13.0. The molecule has 0 aliphatic rings. The summed E-state index contributed by atoms with van der Waals surface area (Å²) < 4.78 is 39.1. The minimum Gasteiger partial charge on any atom is -0.505 e. The van der Waals surface area contributed by atoms with E-state index in [-0.39, 0.29) is 23.8 Å². The van der Waals surface area contributed by atoms with Gasteiger partial charge in [-0.05, 0) is 36.8 Å². The number of pyridine rings is 1. The first-order chi connectivity index (χ1) is 15.3. The summed E-state index contributed by atoms with van der Waals surface area (Å²) in [6.45, 7) is 1.49. The van der Waals surface area contributed by atoms with Crippen molar-refractivity contribution in [1.82, 2.24) is 15.0 Å². The zero-order chi connectivity index (χ0) is 22.9. The normalized spacial score (nSPS) is 12.7. The zero-order valence-electron chi connectivity index (χ0n) is 16.9. The topological polar surface area (TPSA) is 91.2 Å². The molecule has 6 nitrogen and oxygen atoms in total. The summed E-state index contributed by atoms with van der Waals surface area (Å²) in [6, 6.07) is 12.4. The summed E-state index contributed by atoms with van der Waals surface area (Å²) in [4.78, 5) is 12.8. The molecule has 0 radical (unpaired) electrons. The maximum atomic E-state index is 13.0. The van der Waals surface area contributed by atoms with Gasteiger partial charge in [0, 0.05) is 22.8 Å². The zero-order valence-corrected chi connectivity index (χ0v) is 16.9. The monoisotopic (exact) mass is 440 g/mol. The summed E-state index contributed by atoms with van der Waals surface area (Å²) >= 11 is 0. The van der Waals surface area contributed by atoms with Crippen molar-refractivity contribution in [3.05, 3.63) is 88.9 Å². The molecule has 0 bridgehead atoms. The highest BCUT2D eigenvalue weighted by Gasteiger charge is 2.30. The Morgan fingerprint density at radius 2 is 1.69 bits per heavy atom. The van der Waals surface area contributed by atoms with Gasteiger partial charge in [-0.25, -0.2) is 15.0 Å². The Labute approximate surface area is 181 Å². The number of phenolic OH excluding ortho intramolecular Hbond substituents is 1. The van der Waals surface area contributed by atoms with Crippen LogP contribution in [-0.4, -0.2) is 25.2 Å². The number of rotatable bonds is 5. The van der Waals surface area contributed by atoms with Crippen LogP contribution < -0.4 is 5.32 Å². The number of aliphatic hydroxyl groups is 1. The number of aromatic hydroxyl groups is 1. The largest absolute Gasteiger partial charge is 0.505 e. The molecular formula is C23H19F3N4O2. The highest BCUT2D eigenvalue weighted by Crippen LogP contribution is 2.37. The van der Waals surface area contributed by atoms with E-state index in [1.54, 1.807) is 43.5 Å². The highest BCUT2D eigenvalue weighted by molar-refractivity contribution is 5.86. The van der Waals surface area contributed by atoms with E-state index in [0.29, 0.717) is 27.9 Å². The lowest BCUT2D eigenvalue weighted by Crippen LogP contribution is -2.15. The average molecular weight is 440 g/mol. The molecule has 2 heterocycles. The van der Waals surface area contributed by atoms with Gasteiger partial charge in [-0.1, -0.05) is 30.3 Å². The molecule has 4 rings (SSSR count). The van der Waals surface area contributed by atoms with Crippen molar-refractivity contribution in [2.24, 2.45) is 0 Å².